The first-order valence-electron chi connectivity index (χ1n) is 7.88. The van der Waals surface area contributed by atoms with Gasteiger partial charge >= 0.3 is 0 Å². The molecule has 1 atom stereocenters. The summed E-state index contributed by atoms with van der Waals surface area (Å²) >= 11 is 0. The van der Waals surface area contributed by atoms with Gasteiger partial charge in [-0.1, -0.05) is 37.3 Å². The van der Waals surface area contributed by atoms with Gasteiger partial charge in [0.15, 0.2) is 6.10 Å². The molecule has 2 aromatic rings. The summed E-state index contributed by atoms with van der Waals surface area (Å²) < 4.78 is 10.8. The van der Waals surface area contributed by atoms with Crippen molar-refractivity contribution in [1.29, 1.82) is 0 Å². The van der Waals surface area contributed by atoms with E-state index in [9.17, 15) is 4.79 Å². The molecule has 0 aliphatic carbocycles. The van der Waals surface area contributed by atoms with E-state index in [1.54, 1.807) is 6.21 Å². The Morgan fingerprint density at radius 2 is 1.88 bits per heavy atom. The maximum atomic E-state index is 12.2. The second-order valence-electron chi connectivity index (χ2n) is 5.18. The summed E-state index contributed by atoms with van der Waals surface area (Å²) in [5, 5.41) is 3.98. The van der Waals surface area contributed by atoms with Gasteiger partial charge in [0.1, 0.15) is 5.75 Å². The topological polar surface area (TPSA) is 59.9 Å². The molecular weight excluding hydrogens is 304 g/mol. The lowest BCUT2D eigenvalue weighted by molar-refractivity contribution is -0.131. The van der Waals surface area contributed by atoms with Gasteiger partial charge in [0.2, 0.25) is 0 Å². The first kappa shape index (κ1) is 17.7. The third-order valence-electron chi connectivity index (χ3n) is 3.32. The van der Waals surface area contributed by atoms with E-state index in [-0.39, 0.29) is 5.91 Å². The Hall–Kier alpha value is -2.66. The van der Waals surface area contributed by atoms with Gasteiger partial charge in [0, 0.05) is 7.11 Å². The Bertz CT molecular complexity index is 654. The Morgan fingerprint density at radius 3 is 2.50 bits per heavy atom. The van der Waals surface area contributed by atoms with Crippen LogP contribution in [0.25, 0.3) is 0 Å². The molecule has 0 heterocycles. The van der Waals surface area contributed by atoms with E-state index in [1.165, 1.54) is 7.11 Å². The van der Waals surface area contributed by atoms with Crippen molar-refractivity contribution in [3.05, 3.63) is 65.7 Å². The van der Waals surface area contributed by atoms with Gasteiger partial charge in [-0.2, -0.15) is 5.10 Å². The quantitative estimate of drug-likeness (QED) is 0.598. The van der Waals surface area contributed by atoms with Gasteiger partial charge in [-0.3, -0.25) is 4.79 Å². The van der Waals surface area contributed by atoms with Crippen molar-refractivity contribution in [3.63, 3.8) is 0 Å². The van der Waals surface area contributed by atoms with Gasteiger partial charge in [0.25, 0.3) is 5.91 Å². The Labute approximate surface area is 142 Å². The molecule has 24 heavy (non-hydrogen) atoms. The van der Waals surface area contributed by atoms with Crippen LogP contribution in [0, 0.1) is 0 Å². The van der Waals surface area contributed by atoms with Gasteiger partial charge in [0.05, 0.1) is 12.8 Å². The zero-order valence-electron chi connectivity index (χ0n) is 13.9. The monoisotopic (exact) mass is 326 g/mol. The fraction of sp³-hybridized carbons (Fsp3) is 0.263. The van der Waals surface area contributed by atoms with Crippen LogP contribution in [-0.2, 0) is 9.53 Å². The molecule has 0 saturated carbocycles. The number of carbonyl (C=O) groups is 1. The molecule has 0 aliphatic rings. The number of hydrazone groups is 1. The number of ether oxygens (including phenoxy) is 2. The highest BCUT2D eigenvalue weighted by molar-refractivity contribution is 5.85. The predicted octanol–water partition coefficient (Wildman–Crippen LogP) is 3.31. The highest BCUT2D eigenvalue weighted by Crippen LogP contribution is 2.16. The number of amides is 1. The molecule has 0 fully saturated rings. The lowest BCUT2D eigenvalue weighted by Crippen LogP contribution is -2.26. The number of rotatable bonds is 8. The third-order valence-corrected chi connectivity index (χ3v) is 3.32. The summed E-state index contributed by atoms with van der Waals surface area (Å²) in [6.07, 6.45) is 1.87. The lowest BCUT2D eigenvalue weighted by Gasteiger charge is -2.13. The molecule has 1 unspecified atom stereocenters. The van der Waals surface area contributed by atoms with Crippen molar-refractivity contribution in [2.45, 2.75) is 19.4 Å². The third kappa shape index (κ3) is 5.21. The summed E-state index contributed by atoms with van der Waals surface area (Å²) in [6, 6.07) is 16.8. The molecular formula is C19H22N2O3. The molecule has 0 bridgehead atoms. The minimum absolute atomic E-state index is 0.317. The molecule has 1 N–H and O–H groups in total. The van der Waals surface area contributed by atoms with Crippen LogP contribution in [0.3, 0.4) is 0 Å². The van der Waals surface area contributed by atoms with Crippen LogP contribution in [0.15, 0.2) is 59.7 Å². The molecule has 126 valence electrons. The molecule has 0 aliphatic heterocycles. The fourth-order valence-electron chi connectivity index (χ4n) is 2.12. The van der Waals surface area contributed by atoms with Crippen LogP contribution in [0.5, 0.6) is 5.75 Å². The minimum Gasteiger partial charge on any atom is -0.494 e. The van der Waals surface area contributed by atoms with Crippen molar-refractivity contribution < 1.29 is 14.3 Å². The van der Waals surface area contributed by atoms with E-state index in [0.29, 0.717) is 6.61 Å². The molecule has 5 heteroatoms. The SMILES string of the molecule is CCCOc1ccc(C=NNC(=O)C(OC)c2ccccc2)cc1. The van der Waals surface area contributed by atoms with E-state index in [2.05, 4.69) is 17.5 Å². The molecule has 0 saturated heterocycles. The molecule has 0 spiro atoms. The van der Waals surface area contributed by atoms with Gasteiger partial charge in [-0.25, -0.2) is 5.43 Å². The Morgan fingerprint density at radius 1 is 1.17 bits per heavy atom. The molecule has 5 nitrogen and oxygen atoms in total. The summed E-state index contributed by atoms with van der Waals surface area (Å²) in [5.41, 5.74) is 4.15. The molecule has 0 radical (unpaired) electrons. The smallest absolute Gasteiger partial charge is 0.273 e. The summed E-state index contributed by atoms with van der Waals surface area (Å²) in [5.74, 6) is 0.504. The molecule has 1 amide bonds. The van der Waals surface area contributed by atoms with Crippen molar-refractivity contribution in [2.24, 2.45) is 5.10 Å². The van der Waals surface area contributed by atoms with Crippen LogP contribution in [-0.4, -0.2) is 25.8 Å². The lowest BCUT2D eigenvalue weighted by atomic mass is 10.1. The zero-order valence-corrected chi connectivity index (χ0v) is 13.9. The number of nitrogens with zero attached hydrogens (tertiary/aromatic N) is 1. The summed E-state index contributed by atoms with van der Waals surface area (Å²) in [4.78, 5) is 12.2. The largest absolute Gasteiger partial charge is 0.494 e. The van der Waals surface area contributed by atoms with Crippen LogP contribution in [0.2, 0.25) is 0 Å². The van der Waals surface area contributed by atoms with E-state index in [0.717, 1.165) is 23.3 Å². The minimum atomic E-state index is -0.687. The number of hydrogen-bond donors (Lipinski definition) is 1. The van der Waals surface area contributed by atoms with Gasteiger partial charge < -0.3 is 9.47 Å². The van der Waals surface area contributed by atoms with Gasteiger partial charge in [-0.05, 0) is 41.8 Å². The van der Waals surface area contributed by atoms with Crippen LogP contribution >= 0.6 is 0 Å². The number of methoxy groups -OCH3 is 1. The van der Waals surface area contributed by atoms with E-state index < -0.39 is 6.10 Å². The number of hydrogen-bond acceptors (Lipinski definition) is 4. The van der Waals surface area contributed by atoms with Crippen LogP contribution in [0.4, 0.5) is 0 Å². The molecule has 2 rings (SSSR count). The average Bonchev–Trinajstić information content (AvgIpc) is 2.62. The average molecular weight is 326 g/mol. The van der Waals surface area contributed by atoms with Crippen molar-refractivity contribution in [1.82, 2.24) is 5.43 Å². The second-order valence-corrected chi connectivity index (χ2v) is 5.18. The molecule has 0 aromatic heterocycles. The number of benzene rings is 2. The zero-order chi connectivity index (χ0) is 17.2. The highest BCUT2D eigenvalue weighted by Gasteiger charge is 2.18. The van der Waals surface area contributed by atoms with Gasteiger partial charge in [-0.15, -0.1) is 0 Å². The van der Waals surface area contributed by atoms with E-state index in [1.807, 2.05) is 54.6 Å². The summed E-state index contributed by atoms with van der Waals surface area (Å²) in [6.45, 7) is 2.76. The Balaban J connectivity index is 1.91. The van der Waals surface area contributed by atoms with E-state index in [4.69, 9.17) is 9.47 Å². The van der Waals surface area contributed by atoms with Crippen LogP contribution < -0.4 is 10.2 Å². The van der Waals surface area contributed by atoms with Crippen LogP contribution in [0.1, 0.15) is 30.6 Å². The summed E-state index contributed by atoms with van der Waals surface area (Å²) in [7, 11) is 1.50. The Kier molecular flexibility index (Phi) is 6.98. The first-order chi connectivity index (χ1) is 11.7. The maximum absolute atomic E-state index is 12.2. The first-order valence-corrected chi connectivity index (χ1v) is 7.88. The van der Waals surface area contributed by atoms with Crippen molar-refractivity contribution in [3.8, 4) is 5.75 Å². The predicted molar refractivity (Wildman–Crippen MR) is 94.2 cm³/mol. The molecule has 2 aromatic carbocycles. The second kappa shape index (κ2) is 9.47. The number of nitrogens with one attached hydrogen (secondary N) is 1. The highest BCUT2D eigenvalue weighted by atomic mass is 16.5. The van der Waals surface area contributed by atoms with Crippen molar-refractivity contribution in [2.75, 3.05) is 13.7 Å². The standard InChI is InChI=1S/C19H22N2O3/c1-3-13-24-17-11-9-15(10-12-17)14-20-21-19(22)18(23-2)16-7-5-4-6-8-16/h4-12,14,18H,3,13H2,1-2H3,(H,21,22). The van der Waals surface area contributed by atoms with E-state index >= 15 is 0 Å². The number of carbonyl (C=O) groups excluding carboxylic acids is 1. The fourth-order valence-corrected chi connectivity index (χ4v) is 2.12. The normalized spacial score (nSPS) is 12.1. The maximum Gasteiger partial charge on any atom is 0.273 e. The van der Waals surface area contributed by atoms with Crippen molar-refractivity contribution >= 4 is 12.1 Å².